The van der Waals surface area contributed by atoms with E-state index in [1.807, 2.05) is 6.07 Å². The van der Waals surface area contributed by atoms with Gasteiger partial charge in [0.1, 0.15) is 11.9 Å². The van der Waals surface area contributed by atoms with Crippen LogP contribution in [0, 0.1) is 35.7 Å². The van der Waals surface area contributed by atoms with Crippen LogP contribution in [0.4, 0.5) is 23.7 Å². The molecule has 39 heavy (non-hydrogen) atoms. The Morgan fingerprint density at radius 1 is 1.10 bits per heavy atom. The van der Waals surface area contributed by atoms with E-state index in [9.17, 15) is 18.8 Å². The van der Waals surface area contributed by atoms with E-state index >= 15 is 4.39 Å². The molecule has 0 unspecified atom stereocenters. The molecule has 0 radical (unpaired) electrons. The average Bonchev–Trinajstić information content (AvgIpc) is 2.89. The predicted molar refractivity (Wildman–Crippen MR) is 142 cm³/mol. The lowest BCUT2D eigenvalue weighted by molar-refractivity contribution is 0.210. The number of aryl methyl sites for hydroxylation is 1. The molecule has 1 amide bonds. The van der Waals surface area contributed by atoms with Crippen molar-refractivity contribution in [2.75, 3.05) is 18.0 Å². The molecule has 5 rings (SSSR count). The molecule has 0 bridgehead atoms. The predicted octanol–water partition coefficient (Wildman–Crippen LogP) is 5.55. The van der Waals surface area contributed by atoms with Gasteiger partial charge in [0.2, 0.25) is 0 Å². The maximum Gasteiger partial charge on any atom is 0.410 e. The number of amides is 1. The highest BCUT2D eigenvalue weighted by Gasteiger charge is 2.26. The van der Waals surface area contributed by atoms with Gasteiger partial charge in [-0.15, -0.1) is 0 Å². The minimum absolute atomic E-state index is 0.0454. The van der Waals surface area contributed by atoms with E-state index in [0.29, 0.717) is 41.2 Å². The zero-order chi connectivity index (χ0) is 27.8. The largest absolute Gasteiger partial charge is 0.410 e. The first-order valence-corrected chi connectivity index (χ1v) is 12.3. The van der Waals surface area contributed by atoms with Crippen LogP contribution < -0.4 is 21.1 Å². The van der Waals surface area contributed by atoms with Crippen LogP contribution in [0.25, 0.3) is 33.2 Å². The summed E-state index contributed by atoms with van der Waals surface area (Å²) in [7, 11) is 0. The number of anilines is 1. The molecule has 1 aliphatic heterocycles. The van der Waals surface area contributed by atoms with Gasteiger partial charge in [-0.2, -0.15) is 5.26 Å². The van der Waals surface area contributed by atoms with E-state index in [1.165, 1.54) is 18.2 Å². The van der Waals surface area contributed by atoms with E-state index in [2.05, 4.69) is 9.88 Å². The monoisotopic (exact) mass is 531 g/mol. The number of nitrogens with two attached hydrogens (primary N) is 2. The number of halogens is 3. The first kappa shape index (κ1) is 26.0. The van der Waals surface area contributed by atoms with Crippen molar-refractivity contribution >= 4 is 22.7 Å². The van der Waals surface area contributed by atoms with Gasteiger partial charge in [0, 0.05) is 36.3 Å². The standard InChI is InChI=1S/C29H24F3N5O2/c1-15-8-17(10-19(30)9-15)22-14-36-24-3-2-16(11-21(24)27(22)37-6-4-20(34)5-7-37)25-26(32)23(31)12-18(13-33)28(25)39-29(35)38/h2-3,8-12,14,20H,4-7,34H2,1H3,(H2,35,38). The Hall–Kier alpha value is -4.62. The SMILES string of the molecule is Cc1cc(F)cc(-c2cnc3ccc(-c4c(F)c(F)cc(C#N)c4OC(N)=O)cc3c2N2CCC(N)CC2)c1. The van der Waals surface area contributed by atoms with Crippen LogP contribution >= 0.6 is 0 Å². The highest BCUT2D eigenvalue weighted by atomic mass is 19.2. The van der Waals surface area contributed by atoms with E-state index < -0.39 is 40.4 Å². The molecular formula is C29H24F3N5O2. The number of hydrogen-bond acceptors (Lipinski definition) is 6. The second-order valence-corrected chi connectivity index (χ2v) is 9.55. The number of ether oxygens (including phenoxy) is 1. The van der Waals surface area contributed by atoms with Crippen molar-refractivity contribution in [3.63, 3.8) is 0 Å². The number of piperidine rings is 1. The zero-order valence-electron chi connectivity index (χ0n) is 21.0. The summed E-state index contributed by atoms with van der Waals surface area (Å²) in [5, 5.41) is 10.1. The Kier molecular flexibility index (Phi) is 6.85. The fourth-order valence-electron chi connectivity index (χ4n) is 5.06. The van der Waals surface area contributed by atoms with E-state index in [4.69, 9.17) is 16.2 Å². The lowest BCUT2D eigenvalue weighted by Crippen LogP contribution is -2.40. The number of hydrogen-bond donors (Lipinski definition) is 2. The normalized spacial score (nSPS) is 13.9. The van der Waals surface area contributed by atoms with E-state index in [0.717, 1.165) is 24.1 Å². The number of carbonyl (C=O) groups excluding carboxylic acids is 1. The van der Waals surface area contributed by atoms with E-state index in [1.54, 1.807) is 31.3 Å². The Balaban J connectivity index is 1.81. The topological polar surface area (TPSA) is 118 Å². The molecule has 1 fully saturated rings. The van der Waals surface area contributed by atoms with Crippen molar-refractivity contribution in [3.05, 3.63) is 77.2 Å². The van der Waals surface area contributed by atoms with Crippen molar-refractivity contribution in [2.45, 2.75) is 25.8 Å². The molecule has 1 saturated heterocycles. The first-order chi connectivity index (χ1) is 18.7. The quantitative estimate of drug-likeness (QED) is 0.356. The molecule has 0 spiro atoms. The highest BCUT2D eigenvalue weighted by Crippen LogP contribution is 2.42. The van der Waals surface area contributed by atoms with Crippen molar-refractivity contribution in [1.29, 1.82) is 5.26 Å². The number of nitriles is 1. The summed E-state index contributed by atoms with van der Waals surface area (Å²) in [4.78, 5) is 18.3. The van der Waals surface area contributed by atoms with Gasteiger partial charge < -0.3 is 21.1 Å². The second kappa shape index (κ2) is 10.3. The molecule has 3 aromatic carbocycles. The second-order valence-electron chi connectivity index (χ2n) is 9.55. The van der Waals surface area contributed by atoms with Gasteiger partial charge in [0.25, 0.3) is 0 Å². The molecular weight excluding hydrogens is 507 g/mol. The number of fused-ring (bicyclic) bond motifs is 1. The van der Waals surface area contributed by atoms with Crippen LogP contribution in [0.15, 0.2) is 48.7 Å². The van der Waals surface area contributed by atoms with Gasteiger partial charge in [0.05, 0.1) is 22.3 Å². The summed E-state index contributed by atoms with van der Waals surface area (Å²) in [5.74, 6) is -3.48. The van der Waals surface area contributed by atoms with Crippen LogP contribution in [0.3, 0.4) is 0 Å². The highest BCUT2D eigenvalue weighted by molar-refractivity contribution is 6.02. The number of aromatic nitrogens is 1. The first-order valence-electron chi connectivity index (χ1n) is 12.3. The molecule has 4 aromatic rings. The third kappa shape index (κ3) is 4.96. The lowest BCUT2D eigenvalue weighted by atomic mass is 9.94. The third-order valence-electron chi connectivity index (χ3n) is 6.83. The molecule has 1 aromatic heterocycles. The van der Waals surface area contributed by atoms with Crippen molar-refractivity contribution in [3.8, 4) is 34.1 Å². The number of nitrogens with zero attached hydrogens (tertiary/aromatic N) is 3. The molecule has 0 aliphatic carbocycles. The molecule has 10 heteroatoms. The third-order valence-corrected chi connectivity index (χ3v) is 6.83. The van der Waals surface area contributed by atoms with E-state index in [-0.39, 0.29) is 11.6 Å². The van der Waals surface area contributed by atoms with Gasteiger partial charge in [-0.1, -0.05) is 12.1 Å². The summed E-state index contributed by atoms with van der Waals surface area (Å²) in [6.45, 7) is 3.03. The van der Waals surface area contributed by atoms with Crippen LogP contribution in [0.5, 0.6) is 5.75 Å². The number of benzene rings is 3. The lowest BCUT2D eigenvalue weighted by Gasteiger charge is -2.34. The molecule has 7 nitrogen and oxygen atoms in total. The molecule has 0 saturated carbocycles. The Morgan fingerprint density at radius 3 is 2.51 bits per heavy atom. The van der Waals surface area contributed by atoms with Gasteiger partial charge in [0.15, 0.2) is 17.4 Å². The molecule has 1 aliphatic rings. The Labute approximate surface area is 222 Å². The van der Waals surface area contributed by atoms with Crippen molar-refractivity contribution < 1.29 is 22.7 Å². The smallest absolute Gasteiger partial charge is 0.408 e. The van der Waals surface area contributed by atoms with Gasteiger partial charge in [-0.05, 0) is 66.8 Å². The number of carbonyl (C=O) groups is 1. The minimum Gasteiger partial charge on any atom is -0.408 e. The summed E-state index contributed by atoms with van der Waals surface area (Å²) in [6, 6.07) is 11.8. The minimum atomic E-state index is -1.31. The number of primary amides is 1. The van der Waals surface area contributed by atoms with Crippen molar-refractivity contribution in [1.82, 2.24) is 4.98 Å². The fraction of sp³-hybridized carbons (Fsp3) is 0.207. The summed E-state index contributed by atoms with van der Waals surface area (Å²) >= 11 is 0. The van der Waals surface area contributed by atoms with Crippen LogP contribution in [0.2, 0.25) is 0 Å². The molecule has 4 N–H and O–H groups in total. The maximum atomic E-state index is 15.2. The van der Waals surface area contributed by atoms with Gasteiger partial charge in [-0.3, -0.25) is 4.98 Å². The molecule has 0 atom stereocenters. The van der Waals surface area contributed by atoms with Gasteiger partial charge in [-0.25, -0.2) is 18.0 Å². The molecule has 198 valence electrons. The van der Waals surface area contributed by atoms with Crippen LogP contribution in [-0.2, 0) is 0 Å². The Bertz CT molecular complexity index is 1640. The summed E-state index contributed by atoms with van der Waals surface area (Å²) in [6.07, 6.45) is 1.84. The van der Waals surface area contributed by atoms with Crippen LogP contribution in [0.1, 0.15) is 24.0 Å². The van der Waals surface area contributed by atoms with Crippen molar-refractivity contribution in [2.24, 2.45) is 11.5 Å². The fourth-order valence-corrected chi connectivity index (χ4v) is 5.06. The number of pyridine rings is 1. The number of rotatable bonds is 4. The average molecular weight is 532 g/mol. The Morgan fingerprint density at radius 2 is 1.85 bits per heavy atom. The zero-order valence-corrected chi connectivity index (χ0v) is 21.0. The van der Waals surface area contributed by atoms with Crippen LogP contribution in [-0.4, -0.2) is 30.2 Å². The summed E-state index contributed by atoms with van der Waals surface area (Å²) in [5.41, 5.74) is 13.9. The van der Waals surface area contributed by atoms with Gasteiger partial charge >= 0.3 is 6.09 Å². The maximum absolute atomic E-state index is 15.2. The molecule has 2 heterocycles. The summed E-state index contributed by atoms with van der Waals surface area (Å²) < 4.78 is 49.2.